The summed E-state index contributed by atoms with van der Waals surface area (Å²) in [5, 5.41) is 4.75. The van der Waals surface area contributed by atoms with Crippen molar-refractivity contribution in [2.45, 2.75) is 0 Å². The van der Waals surface area contributed by atoms with Crippen LogP contribution in [-0.4, -0.2) is 24.1 Å². The van der Waals surface area contributed by atoms with Gasteiger partial charge in [0, 0.05) is 62.6 Å². The number of para-hydroxylation sites is 2. The van der Waals surface area contributed by atoms with Crippen molar-refractivity contribution in [1.82, 2.24) is 24.1 Å². The van der Waals surface area contributed by atoms with Crippen LogP contribution >= 0.6 is 0 Å². The largest absolute Gasteiger partial charge is 0.309 e. The van der Waals surface area contributed by atoms with Crippen LogP contribution in [0.4, 0.5) is 0 Å². The number of rotatable bonds is 6. The monoisotopic (exact) mass is 715 g/mol. The van der Waals surface area contributed by atoms with Crippen molar-refractivity contribution in [3.63, 3.8) is 0 Å². The second-order valence-corrected chi connectivity index (χ2v) is 14.1. The van der Waals surface area contributed by atoms with E-state index in [0.29, 0.717) is 0 Å². The van der Waals surface area contributed by atoms with E-state index in [1.54, 1.807) is 0 Å². The molecule has 0 saturated carbocycles. The maximum absolute atomic E-state index is 4.98. The van der Waals surface area contributed by atoms with Crippen molar-refractivity contribution < 1.29 is 0 Å². The second kappa shape index (κ2) is 13.0. The Labute approximate surface area is 323 Å². The molecule has 0 bridgehead atoms. The van der Waals surface area contributed by atoms with Gasteiger partial charge in [-0.05, 0) is 119 Å². The Hall–Kier alpha value is -7.63. The zero-order valence-electron chi connectivity index (χ0n) is 30.3. The lowest BCUT2D eigenvalue weighted by Crippen LogP contribution is -1.96. The number of benzene rings is 6. The average Bonchev–Trinajstić information content (AvgIpc) is 3.80. The Morgan fingerprint density at radius 3 is 1.77 bits per heavy atom. The van der Waals surface area contributed by atoms with E-state index in [1.165, 1.54) is 27.4 Å². The zero-order chi connectivity index (χ0) is 37.0. The lowest BCUT2D eigenvalue weighted by molar-refractivity contribution is 1.14. The van der Waals surface area contributed by atoms with Crippen LogP contribution < -0.4 is 0 Å². The first kappa shape index (κ1) is 31.9. The molecule has 0 amide bonds. The molecule has 262 valence electrons. The Balaban J connectivity index is 1.11. The number of hydrogen-bond donors (Lipinski definition) is 0. The first-order valence-electron chi connectivity index (χ1n) is 18.8. The Morgan fingerprint density at radius 1 is 0.321 bits per heavy atom. The highest BCUT2D eigenvalue weighted by molar-refractivity contribution is 6.17. The summed E-state index contributed by atoms with van der Waals surface area (Å²) in [6, 6.07) is 64.6. The van der Waals surface area contributed by atoms with Crippen molar-refractivity contribution in [1.29, 1.82) is 0 Å². The fraction of sp³-hybridized carbons (Fsp3) is 0. The van der Waals surface area contributed by atoms with Gasteiger partial charge in [-0.25, -0.2) is 4.98 Å². The molecule has 0 aliphatic rings. The van der Waals surface area contributed by atoms with Crippen molar-refractivity contribution in [2.75, 3.05) is 0 Å². The van der Waals surface area contributed by atoms with Gasteiger partial charge in [0.1, 0.15) is 5.65 Å². The van der Waals surface area contributed by atoms with Crippen LogP contribution in [0, 0.1) is 0 Å². The fourth-order valence-corrected chi connectivity index (χ4v) is 8.37. The zero-order valence-corrected chi connectivity index (χ0v) is 30.3. The minimum absolute atomic E-state index is 0.920. The van der Waals surface area contributed by atoms with Crippen LogP contribution in [0.3, 0.4) is 0 Å². The van der Waals surface area contributed by atoms with E-state index in [0.717, 1.165) is 72.5 Å². The Kier molecular flexibility index (Phi) is 7.42. The number of aromatic nitrogens is 5. The van der Waals surface area contributed by atoms with Gasteiger partial charge in [0.25, 0.3) is 0 Å². The molecule has 11 aromatic rings. The average molecular weight is 716 g/mol. The number of nitrogens with zero attached hydrogens (tertiary/aromatic N) is 5. The summed E-state index contributed by atoms with van der Waals surface area (Å²) in [5.41, 5.74) is 15.1. The quantitative estimate of drug-likeness (QED) is 0.172. The standard InChI is InChI=1S/C51H33N5/c1-2-14-39(15-3-1)55-47-22-5-4-17-44(47)50-41(18-11-23-48(50)55)35-24-25-42-43-19-12-28-54-51(43)56(49(42)33-35)40-16-10-13-34(32-40)36-29-37(45-20-6-8-26-52-45)31-38(30-36)46-21-7-9-27-53-46/h1-33H. The second-order valence-electron chi connectivity index (χ2n) is 14.1. The van der Waals surface area contributed by atoms with Crippen LogP contribution in [0.15, 0.2) is 201 Å². The molecule has 5 heterocycles. The number of hydrogen-bond acceptors (Lipinski definition) is 3. The third-order valence-corrected chi connectivity index (χ3v) is 10.8. The van der Waals surface area contributed by atoms with Crippen molar-refractivity contribution in [2.24, 2.45) is 0 Å². The van der Waals surface area contributed by atoms with E-state index in [-0.39, 0.29) is 0 Å². The van der Waals surface area contributed by atoms with Crippen LogP contribution in [0.25, 0.3) is 99.9 Å². The number of fused-ring (bicyclic) bond motifs is 6. The molecule has 0 spiro atoms. The molecule has 0 aliphatic carbocycles. The van der Waals surface area contributed by atoms with Crippen molar-refractivity contribution >= 4 is 43.7 Å². The van der Waals surface area contributed by atoms with Gasteiger partial charge in [-0.3, -0.25) is 14.5 Å². The molecule has 0 atom stereocenters. The molecule has 5 aromatic heterocycles. The van der Waals surface area contributed by atoms with Crippen molar-refractivity contribution in [3.8, 4) is 56.1 Å². The molecule has 56 heavy (non-hydrogen) atoms. The summed E-state index contributed by atoms with van der Waals surface area (Å²) in [4.78, 5) is 14.4. The lowest BCUT2D eigenvalue weighted by atomic mass is 9.96. The van der Waals surface area contributed by atoms with E-state index in [2.05, 4.69) is 161 Å². The van der Waals surface area contributed by atoms with E-state index < -0.39 is 0 Å². The maximum atomic E-state index is 4.98. The Morgan fingerprint density at radius 2 is 0.982 bits per heavy atom. The van der Waals surface area contributed by atoms with Crippen LogP contribution in [-0.2, 0) is 0 Å². The fourth-order valence-electron chi connectivity index (χ4n) is 8.37. The highest BCUT2D eigenvalue weighted by Crippen LogP contribution is 2.41. The minimum atomic E-state index is 0.920. The minimum Gasteiger partial charge on any atom is -0.309 e. The maximum Gasteiger partial charge on any atom is 0.145 e. The summed E-state index contributed by atoms with van der Waals surface area (Å²) < 4.78 is 4.69. The third-order valence-electron chi connectivity index (χ3n) is 10.8. The summed E-state index contributed by atoms with van der Waals surface area (Å²) in [6.07, 6.45) is 5.57. The first-order valence-corrected chi connectivity index (χ1v) is 18.8. The van der Waals surface area contributed by atoms with Crippen LogP contribution in [0.2, 0.25) is 0 Å². The molecule has 11 rings (SSSR count). The molecule has 0 N–H and O–H groups in total. The van der Waals surface area contributed by atoms with E-state index >= 15 is 0 Å². The van der Waals surface area contributed by atoms with Gasteiger partial charge in [0.15, 0.2) is 0 Å². The topological polar surface area (TPSA) is 48.5 Å². The summed E-state index contributed by atoms with van der Waals surface area (Å²) >= 11 is 0. The third kappa shape index (κ3) is 5.21. The van der Waals surface area contributed by atoms with Gasteiger partial charge in [-0.2, -0.15) is 0 Å². The van der Waals surface area contributed by atoms with Crippen LogP contribution in [0.1, 0.15) is 0 Å². The molecule has 0 unspecified atom stereocenters. The van der Waals surface area contributed by atoms with E-state index in [1.807, 2.05) is 48.9 Å². The lowest BCUT2D eigenvalue weighted by Gasteiger charge is -2.13. The van der Waals surface area contributed by atoms with E-state index in [4.69, 9.17) is 15.0 Å². The van der Waals surface area contributed by atoms with Gasteiger partial charge in [-0.15, -0.1) is 0 Å². The smallest absolute Gasteiger partial charge is 0.145 e. The molecule has 5 heteroatoms. The molecular weight excluding hydrogens is 683 g/mol. The molecule has 6 aromatic carbocycles. The van der Waals surface area contributed by atoms with Crippen LogP contribution in [0.5, 0.6) is 0 Å². The van der Waals surface area contributed by atoms with Gasteiger partial charge in [0.05, 0.1) is 27.9 Å². The van der Waals surface area contributed by atoms with Gasteiger partial charge in [0.2, 0.25) is 0 Å². The molecule has 0 saturated heterocycles. The van der Waals surface area contributed by atoms with Gasteiger partial charge < -0.3 is 4.57 Å². The number of pyridine rings is 3. The molecule has 0 fully saturated rings. The SMILES string of the molecule is c1ccc(-n2c3ccccc3c3c(-c4ccc5c6cccnc6n(-c6cccc(-c7cc(-c8ccccn8)cc(-c8ccccn8)c7)c6)c5c4)cccc32)cc1. The molecular formula is C51H33N5. The predicted molar refractivity (Wildman–Crippen MR) is 230 cm³/mol. The highest BCUT2D eigenvalue weighted by Gasteiger charge is 2.19. The normalized spacial score (nSPS) is 11.6. The summed E-state index contributed by atoms with van der Waals surface area (Å²) in [6.45, 7) is 0. The summed E-state index contributed by atoms with van der Waals surface area (Å²) in [7, 11) is 0. The van der Waals surface area contributed by atoms with Crippen molar-refractivity contribution in [3.05, 3.63) is 201 Å². The molecule has 0 aliphatic heterocycles. The molecule has 0 radical (unpaired) electrons. The molecule has 5 nitrogen and oxygen atoms in total. The van der Waals surface area contributed by atoms with Gasteiger partial charge in [-0.1, -0.05) is 84.9 Å². The van der Waals surface area contributed by atoms with E-state index in [9.17, 15) is 0 Å². The predicted octanol–water partition coefficient (Wildman–Crippen LogP) is 12.7. The first-order chi connectivity index (χ1) is 27.8. The Bertz CT molecular complexity index is 3180. The van der Waals surface area contributed by atoms with Gasteiger partial charge >= 0.3 is 0 Å². The summed E-state index contributed by atoms with van der Waals surface area (Å²) in [5.74, 6) is 0. The highest BCUT2D eigenvalue weighted by atomic mass is 15.0.